The van der Waals surface area contributed by atoms with Crippen molar-refractivity contribution in [3.05, 3.63) is 59.7 Å². The van der Waals surface area contributed by atoms with Gasteiger partial charge in [-0.3, -0.25) is 4.79 Å². The lowest BCUT2D eigenvalue weighted by atomic mass is 10.1. The van der Waals surface area contributed by atoms with Crippen LogP contribution in [0.3, 0.4) is 0 Å². The van der Waals surface area contributed by atoms with Crippen LogP contribution in [0.2, 0.25) is 0 Å². The number of ether oxygens (including phenoxy) is 1. The summed E-state index contributed by atoms with van der Waals surface area (Å²) in [6.07, 6.45) is -0.607. The molecule has 0 fully saturated rings. The van der Waals surface area contributed by atoms with Gasteiger partial charge in [0.15, 0.2) is 6.10 Å². The predicted molar refractivity (Wildman–Crippen MR) is 82.3 cm³/mol. The van der Waals surface area contributed by atoms with Gasteiger partial charge in [0.05, 0.1) is 12.2 Å². The first-order chi connectivity index (χ1) is 10.1. The molecule has 4 heteroatoms. The maximum Gasteiger partial charge on any atom is 0.260 e. The van der Waals surface area contributed by atoms with Gasteiger partial charge in [0, 0.05) is 6.54 Å². The number of nitrogens with zero attached hydrogens (tertiary/aromatic N) is 1. The molecule has 3 rings (SSSR count). The summed E-state index contributed by atoms with van der Waals surface area (Å²) in [6.45, 7) is 3.30. The average molecular weight is 282 g/mol. The van der Waals surface area contributed by atoms with Crippen LogP contribution in [0.25, 0.3) is 0 Å². The Morgan fingerprint density at radius 2 is 1.95 bits per heavy atom. The van der Waals surface area contributed by atoms with Crippen molar-refractivity contribution in [2.45, 2.75) is 19.6 Å². The van der Waals surface area contributed by atoms with Crippen LogP contribution in [-0.2, 0) is 11.3 Å². The van der Waals surface area contributed by atoms with E-state index in [0.717, 1.165) is 12.2 Å². The second-order valence-electron chi connectivity index (χ2n) is 5.28. The molecule has 0 aliphatic carbocycles. The van der Waals surface area contributed by atoms with Crippen LogP contribution in [0.4, 0.5) is 5.69 Å². The molecular weight excluding hydrogens is 264 g/mol. The Morgan fingerprint density at radius 3 is 2.71 bits per heavy atom. The number of nitrogens with two attached hydrogens (primary N) is 1. The number of carbonyl (C=O) groups excluding carboxylic acids is 1. The van der Waals surface area contributed by atoms with Gasteiger partial charge in [0.2, 0.25) is 0 Å². The summed E-state index contributed by atoms with van der Waals surface area (Å²) >= 11 is 0. The molecule has 0 saturated heterocycles. The largest absolute Gasteiger partial charge is 0.477 e. The number of amides is 1. The zero-order chi connectivity index (χ0) is 14.8. The van der Waals surface area contributed by atoms with E-state index < -0.39 is 12.0 Å². The Kier molecular flexibility index (Phi) is 3.52. The molecule has 0 spiro atoms. The topological polar surface area (TPSA) is 55.6 Å². The Morgan fingerprint density at radius 1 is 1.24 bits per heavy atom. The number of primary amides is 1. The molecule has 1 aliphatic rings. The SMILES string of the molecule is Cc1ccccc1CN1CC(C(N)=O)Oc2ccccc21. The first kappa shape index (κ1) is 13.5. The highest BCUT2D eigenvalue weighted by Gasteiger charge is 2.29. The van der Waals surface area contributed by atoms with Crippen LogP contribution in [0.5, 0.6) is 5.75 Å². The molecule has 0 bridgehead atoms. The zero-order valence-corrected chi connectivity index (χ0v) is 12.0. The smallest absolute Gasteiger partial charge is 0.260 e. The van der Waals surface area contributed by atoms with Crippen LogP contribution >= 0.6 is 0 Å². The monoisotopic (exact) mass is 282 g/mol. The van der Waals surface area contributed by atoms with Gasteiger partial charge in [0.25, 0.3) is 5.91 Å². The van der Waals surface area contributed by atoms with Crippen LogP contribution in [0.15, 0.2) is 48.5 Å². The summed E-state index contributed by atoms with van der Waals surface area (Å²) in [5, 5.41) is 0. The Bertz CT molecular complexity index is 669. The number of anilines is 1. The lowest BCUT2D eigenvalue weighted by Crippen LogP contribution is -2.47. The fourth-order valence-corrected chi connectivity index (χ4v) is 2.60. The molecule has 0 radical (unpaired) electrons. The van der Waals surface area contributed by atoms with E-state index in [-0.39, 0.29) is 0 Å². The summed E-state index contributed by atoms with van der Waals surface area (Å²) in [5.41, 5.74) is 8.88. The third kappa shape index (κ3) is 2.70. The van der Waals surface area contributed by atoms with Crippen molar-refractivity contribution >= 4 is 11.6 Å². The van der Waals surface area contributed by atoms with E-state index in [1.165, 1.54) is 11.1 Å². The highest BCUT2D eigenvalue weighted by atomic mass is 16.5. The van der Waals surface area contributed by atoms with E-state index in [9.17, 15) is 4.79 Å². The number of hydrogen-bond acceptors (Lipinski definition) is 3. The van der Waals surface area contributed by atoms with Crippen molar-refractivity contribution in [2.75, 3.05) is 11.4 Å². The van der Waals surface area contributed by atoms with E-state index >= 15 is 0 Å². The maximum absolute atomic E-state index is 11.5. The minimum atomic E-state index is -0.607. The van der Waals surface area contributed by atoms with Crippen molar-refractivity contribution < 1.29 is 9.53 Å². The van der Waals surface area contributed by atoms with Crippen molar-refractivity contribution in [1.82, 2.24) is 0 Å². The summed E-state index contributed by atoms with van der Waals surface area (Å²) in [5.74, 6) is 0.278. The highest BCUT2D eigenvalue weighted by Crippen LogP contribution is 2.34. The zero-order valence-electron chi connectivity index (χ0n) is 12.0. The Hall–Kier alpha value is -2.49. The third-order valence-electron chi connectivity index (χ3n) is 3.80. The molecule has 0 aromatic heterocycles. The average Bonchev–Trinajstić information content (AvgIpc) is 2.49. The number of para-hydroxylation sites is 2. The first-order valence-electron chi connectivity index (χ1n) is 6.99. The second-order valence-corrected chi connectivity index (χ2v) is 5.28. The molecule has 108 valence electrons. The maximum atomic E-state index is 11.5. The van der Waals surface area contributed by atoms with Gasteiger partial charge < -0.3 is 15.4 Å². The minimum absolute atomic E-state index is 0.431. The second kappa shape index (κ2) is 5.48. The van der Waals surface area contributed by atoms with Crippen molar-refractivity contribution in [2.24, 2.45) is 5.73 Å². The number of benzene rings is 2. The molecule has 21 heavy (non-hydrogen) atoms. The Labute approximate surface area is 124 Å². The summed E-state index contributed by atoms with van der Waals surface area (Å²) < 4.78 is 5.68. The van der Waals surface area contributed by atoms with Crippen molar-refractivity contribution in [3.8, 4) is 5.75 Å². The lowest BCUT2D eigenvalue weighted by Gasteiger charge is -2.35. The van der Waals surface area contributed by atoms with Gasteiger partial charge >= 0.3 is 0 Å². The molecule has 4 nitrogen and oxygen atoms in total. The van der Waals surface area contributed by atoms with Crippen molar-refractivity contribution in [3.63, 3.8) is 0 Å². The minimum Gasteiger partial charge on any atom is -0.477 e. The molecule has 1 heterocycles. The van der Waals surface area contributed by atoms with Crippen LogP contribution in [0.1, 0.15) is 11.1 Å². The molecule has 1 amide bonds. The summed E-state index contributed by atoms with van der Waals surface area (Å²) in [6, 6.07) is 16.0. The quantitative estimate of drug-likeness (QED) is 0.939. The standard InChI is InChI=1S/C17H18N2O2/c1-12-6-2-3-7-13(12)10-19-11-16(17(18)20)21-15-9-5-4-8-14(15)19/h2-9,16H,10-11H2,1H3,(H2,18,20). The third-order valence-corrected chi connectivity index (χ3v) is 3.80. The van der Waals surface area contributed by atoms with E-state index in [1.807, 2.05) is 36.4 Å². The lowest BCUT2D eigenvalue weighted by molar-refractivity contribution is -0.124. The van der Waals surface area contributed by atoms with Crippen LogP contribution in [-0.4, -0.2) is 18.6 Å². The molecule has 2 aromatic rings. The predicted octanol–water partition coefficient (Wildman–Crippen LogP) is 2.25. The molecule has 1 atom stereocenters. The number of carbonyl (C=O) groups is 1. The van der Waals surface area contributed by atoms with E-state index in [2.05, 4.69) is 24.0 Å². The van der Waals surface area contributed by atoms with Gasteiger partial charge in [-0.05, 0) is 30.2 Å². The van der Waals surface area contributed by atoms with Crippen LogP contribution < -0.4 is 15.4 Å². The van der Waals surface area contributed by atoms with E-state index in [1.54, 1.807) is 0 Å². The molecular formula is C17H18N2O2. The number of aryl methyl sites for hydroxylation is 1. The van der Waals surface area contributed by atoms with E-state index in [4.69, 9.17) is 10.5 Å². The number of fused-ring (bicyclic) bond motifs is 1. The van der Waals surface area contributed by atoms with Crippen molar-refractivity contribution in [1.29, 1.82) is 0 Å². The van der Waals surface area contributed by atoms with Gasteiger partial charge in [-0.1, -0.05) is 36.4 Å². The van der Waals surface area contributed by atoms with Gasteiger partial charge in [-0.25, -0.2) is 0 Å². The summed E-state index contributed by atoms with van der Waals surface area (Å²) in [4.78, 5) is 13.6. The fourth-order valence-electron chi connectivity index (χ4n) is 2.60. The molecule has 1 aliphatic heterocycles. The number of rotatable bonds is 3. The van der Waals surface area contributed by atoms with E-state index in [0.29, 0.717) is 12.3 Å². The highest BCUT2D eigenvalue weighted by molar-refractivity contribution is 5.81. The van der Waals surface area contributed by atoms with Crippen LogP contribution in [0, 0.1) is 6.92 Å². The normalized spacial score (nSPS) is 17.0. The number of hydrogen-bond donors (Lipinski definition) is 1. The Balaban J connectivity index is 1.93. The van der Waals surface area contributed by atoms with Gasteiger partial charge in [-0.2, -0.15) is 0 Å². The van der Waals surface area contributed by atoms with Gasteiger partial charge in [0.1, 0.15) is 5.75 Å². The van der Waals surface area contributed by atoms with Gasteiger partial charge in [-0.15, -0.1) is 0 Å². The molecule has 2 N–H and O–H groups in total. The molecule has 0 saturated carbocycles. The fraction of sp³-hybridized carbons (Fsp3) is 0.235. The first-order valence-corrected chi connectivity index (χ1v) is 6.99. The summed E-state index contributed by atoms with van der Waals surface area (Å²) in [7, 11) is 0. The molecule has 2 aromatic carbocycles. The molecule has 1 unspecified atom stereocenters.